The Labute approximate surface area is 298 Å². The number of fused-ring (bicyclic) bond motifs is 2. The summed E-state index contributed by atoms with van der Waals surface area (Å²) in [5.74, 6) is 1.29. The Balaban J connectivity index is 0.000000232. The molecule has 5 N–H and O–H groups in total. The van der Waals surface area contributed by atoms with Crippen LogP contribution in [0.15, 0.2) is 72.8 Å². The molecule has 5 rings (SSSR count). The van der Waals surface area contributed by atoms with E-state index in [9.17, 15) is 9.18 Å². The van der Waals surface area contributed by atoms with Crippen LogP contribution >= 0.6 is 11.6 Å². The highest BCUT2D eigenvalue weighted by Crippen LogP contribution is 2.35. The van der Waals surface area contributed by atoms with Crippen LogP contribution in [0.25, 0.3) is 21.8 Å². The number of ether oxygens (including phenoxy) is 2. The van der Waals surface area contributed by atoms with Gasteiger partial charge in [-0.15, -0.1) is 0 Å². The SMILES string of the molecule is CCN(CC)CCCC(C)Nc1c2ccc(Cl)cc2nc2ccc(OC)cc12.CCOC(=O)Nc1ccc(NCc2ccc(F)cc2)nc1N. The Morgan fingerprint density at radius 2 is 1.72 bits per heavy atom. The molecule has 10 nitrogen and oxygen atoms in total. The van der Waals surface area contributed by atoms with Crippen LogP contribution < -0.4 is 26.4 Å². The van der Waals surface area contributed by atoms with E-state index in [0.717, 1.165) is 64.9 Å². The van der Waals surface area contributed by atoms with Gasteiger partial charge in [-0.3, -0.25) is 5.32 Å². The summed E-state index contributed by atoms with van der Waals surface area (Å²) in [7, 11) is 1.69. The van der Waals surface area contributed by atoms with Crippen molar-refractivity contribution in [2.75, 3.05) is 55.0 Å². The maximum Gasteiger partial charge on any atom is 0.411 e. The second-order valence-corrected chi connectivity index (χ2v) is 12.1. The maximum atomic E-state index is 12.8. The van der Waals surface area contributed by atoms with Gasteiger partial charge in [0.05, 0.1) is 36.1 Å². The average molecular weight is 704 g/mol. The molecule has 3 aromatic carbocycles. The van der Waals surface area contributed by atoms with Crippen molar-refractivity contribution in [1.82, 2.24) is 14.9 Å². The number of halogens is 2. The van der Waals surface area contributed by atoms with E-state index < -0.39 is 6.09 Å². The molecule has 0 radical (unpaired) electrons. The Hall–Kier alpha value is -4.87. The van der Waals surface area contributed by atoms with Crippen LogP contribution in [0.2, 0.25) is 5.02 Å². The minimum atomic E-state index is -0.581. The van der Waals surface area contributed by atoms with Crippen LogP contribution in [0.3, 0.4) is 0 Å². The van der Waals surface area contributed by atoms with E-state index in [0.29, 0.717) is 29.1 Å². The molecule has 266 valence electrons. The van der Waals surface area contributed by atoms with Gasteiger partial charge in [0.25, 0.3) is 0 Å². The Morgan fingerprint density at radius 1 is 0.960 bits per heavy atom. The van der Waals surface area contributed by atoms with E-state index in [2.05, 4.69) is 58.7 Å². The number of nitrogens with one attached hydrogen (secondary N) is 3. The van der Waals surface area contributed by atoms with Crippen molar-refractivity contribution in [1.29, 1.82) is 0 Å². The monoisotopic (exact) mass is 703 g/mol. The lowest BCUT2D eigenvalue weighted by atomic mass is 10.1. The molecular formula is C38H47ClFN7O3. The zero-order valence-corrected chi connectivity index (χ0v) is 30.1. The topological polar surface area (TPSA) is 127 Å². The quantitative estimate of drug-likeness (QED) is 0.0839. The molecule has 1 amide bonds. The van der Waals surface area contributed by atoms with Crippen molar-refractivity contribution in [3.8, 4) is 5.75 Å². The lowest BCUT2D eigenvalue weighted by Gasteiger charge is -2.22. The van der Waals surface area contributed by atoms with E-state index >= 15 is 0 Å². The van der Waals surface area contributed by atoms with Crippen LogP contribution in [-0.4, -0.2) is 60.4 Å². The third kappa shape index (κ3) is 10.8. The molecule has 0 saturated heterocycles. The van der Waals surface area contributed by atoms with Gasteiger partial charge in [0, 0.05) is 28.4 Å². The number of nitrogens with two attached hydrogens (primary N) is 1. The summed E-state index contributed by atoms with van der Waals surface area (Å²) in [5.41, 5.74) is 10.0. The smallest absolute Gasteiger partial charge is 0.411 e. The first-order valence-corrected chi connectivity index (χ1v) is 17.3. The van der Waals surface area contributed by atoms with Crippen LogP contribution in [0.1, 0.15) is 46.1 Å². The second-order valence-electron chi connectivity index (χ2n) is 11.7. The van der Waals surface area contributed by atoms with Gasteiger partial charge in [-0.2, -0.15) is 0 Å². The largest absolute Gasteiger partial charge is 0.497 e. The fourth-order valence-corrected chi connectivity index (χ4v) is 5.58. The summed E-state index contributed by atoms with van der Waals surface area (Å²) in [4.78, 5) is 22.7. The van der Waals surface area contributed by atoms with Gasteiger partial charge in [-0.05, 0) is 113 Å². The number of nitrogens with zero attached hydrogens (tertiary/aromatic N) is 3. The number of carbonyl (C=O) groups is 1. The highest BCUT2D eigenvalue weighted by Gasteiger charge is 2.14. The zero-order chi connectivity index (χ0) is 36.0. The summed E-state index contributed by atoms with van der Waals surface area (Å²) in [6.07, 6.45) is 1.70. The van der Waals surface area contributed by atoms with E-state index in [1.165, 1.54) is 18.6 Å². The molecule has 0 bridgehead atoms. The number of aromatic nitrogens is 2. The van der Waals surface area contributed by atoms with Crippen molar-refractivity contribution in [2.45, 2.75) is 53.1 Å². The summed E-state index contributed by atoms with van der Waals surface area (Å²) in [6.45, 7) is 12.5. The fourth-order valence-electron chi connectivity index (χ4n) is 5.41. The third-order valence-corrected chi connectivity index (χ3v) is 8.40. The minimum absolute atomic E-state index is 0.178. The van der Waals surface area contributed by atoms with Crippen molar-refractivity contribution >= 4 is 62.5 Å². The van der Waals surface area contributed by atoms with E-state index in [-0.39, 0.29) is 18.2 Å². The Kier molecular flexibility index (Phi) is 14.2. The van der Waals surface area contributed by atoms with Crippen LogP contribution in [-0.2, 0) is 11.3 Å². The van der Waals surface area contributed by atoms with Crippen molar-refractivity contribution in [3.63, 3.8) is 0 Å². The van der Waals surface area contributed by atoms with E-state index in [1.54, 1.807) is 38.3 Å². The normalized spacial score (nSPS) is 11.5. The lowest BCUT2D eigenvalue weighted by molar-refractivity contribution is 0.168. The molecular weight excluding hydrogens is 657 g/mol. The fraction of sp³-hybridized carbons (Fsp3) is 0.342. The lowest BCUT2D eigenvalue weighted by Crippen LogP contribution is -2.25. The molecule has 1 atom stereocenters. The molecule has 2 heterocycles. The number of anilines is 4. The highest BCUT2D eigenvalue weighted by atomic mass is 35.5. The summed E-state index contributed by atoms with van der Waals surface area (Å²) in [5, 5.41) is 12.2. The molecule has 5 aromatic rings. The number of hydrogen-bond donors (Lipinski definition) is 4. The minimum Gasteiger partial charge on any atom is -0.497 e. The van der Waals surface area contributed by atoms with E-state index in [1.807, 2.05) is 24.3 Å². The summed E-state index contributed by atoms with van der Waals surface area (Å²) < 4.78 is 23.0. The number of methoxy groups -OCH3 is 1. The van der Waals surface area contributed by atoms with Gasteiger partial charge in [-0.25, -0.2) is 19.2 Å². The number of pyridine rings is 2. The molecule has 0 spiro atoms. The van der Waals surface area contributed by atoms with Crippen molar-refractivity contribution in [2.24, 2.45) is 0 Å². The van der Waals surface area contributed by atoms with Gasteiger partial charge in [0.1, 0.15) is 23.2 Å². The Morgan fingerprint density at radius 3 is 2.40 bits per heavy atom. The third-order valence-electron chi connectivity index (χ3n) is 8.16. The Bertz CT molecular complexity index is 1860. The molecule has 1 unspecified atom stereocenters. The molecule has 50 heavy (non-hydrogen) atoms. The number of benzene rings is 3. The van der Waals surface area contributed by atoms with Crippen molar-refractivity contribution < 1.29 is 18.7 Å². The number of nitrogen functional groups attached to an aromatic ring is 1. The maximum absolute atomic E-state index is 12.8. The van der Waals surface area contributed by atoms with Gasteiger partial charge in [-0.1, -0.05) is 37.6 Å². The molecule has 0 saturated carbocycles. The van der Waals surface area contributed by atoms with Gasteiger partial charge in [0.15, 0.2) is 0 Å². The number of hydrogen-bond acceptors (Lipinski definition) is 9. The first kappa shape index (κ1) is 37.9. The molecule has 0 aliphatic heterocycles. The first-order valence-electron chi connectivity index (χ1n) is 16.9. The predicted octanol–water partition coefficient (Wildman–Crippen LogP) is 8.96. The van der Waals surface area contributed by atoms with Crippen LogP contribution in [0.4, 0.5) is 32.2 Å². The predicted molar refractivity (Wildman–Crippen MR) is 204 cm³/mol. The van der Waals surface area contributed by atoms with E-state index in [4.69, 9.17) is 31.8 Å². The average Bonchev–Trinajstić information content (AvgIpc) is 3.11. The van der Waals surface area contributed by atoms with Crippen LogP contribution in [0, 0.1) is 5.82 Å². The second kappa shape index (κ2) is 18.8. The summed E-state index contributed by atoms with van der Waals surface area (Å²) in [6, 6.07) is 21.7. The molecule has 12 heteroatoms. The van der Waals surface area contributed by atoms with Gasteiger partial charge >= 0.3 is 6.09 Å². The van der Waals surface area contributed by atoms with Gasteiger partial charge < -0.3 is 30.7 Å². The highest BCUT2D eigenvalue weighted by molar-refractivity contribution is 6.31. The van der Waals surface area contributed by atoms with Gasteiger partial charge in [0.2, 0.25) is 0 Å². The molecule has 2 aromatic heterocycles. The van der Waals surface area contributed by atoms with Crippen LogP contribution in [0.5, 0.6) is 5.75 Å². The molecule has 0 fully saturated rings. The number of carbonyl (C=O) groups excluding carboxylic acids is 1. The number of rotatable bonds is 14. The number of amides is 1. The molecule has 0 aliphatic carbocycles. The van der Waals surface area contributed by atoms with Crippen molar-refractivity contribution in [3.05, 3.63) is 89.2 Å². The summed E-state index contributed by atoms with van der Waals surface area (Å²) >= 11 is 6.22. The standard InChI is InChI=1S/C23H30ClN3O.C15H17FN4O2/c1-5-27(6-2)13-7-8-16(3)25-23-19-11-9-17(24)14-22(19)26-21-12-10-18(28-4)15-20(21)23;1-2-22-15(21)19-12-7-8-13(20-14(12)17)18-9-10-3-5-11(16)6-4-10/h9-12,14-16H,5-8,13H2,1-4H3,(H,25,26);3-8H,2,9H2,1H3,(H,19,21)(H3,17,18,20). The zero-order valence-electron chi connectivity index (χ0n) is 29.4. The molecule has 0 aliphatic rings. The first-order chi connectivity index (χ1) is 24.1.